The zero-order chi connectivity index (χ0) is 54.6. The number of aliphatic hydroxyl groups excluding tert-OH is 2. The molecule has 0 radical (unpaired) electrons. The van der Waals surface area contributed by atoms with Gasteiger partial charge in [0.25, 0.3) is 11.8 Å². The third-order valence-electron chi connectivity index (χ3n) is 13.8. The van der Waals surface area contributed by atoms with Crippen LogP contribution in [-0.2, 0) is 59.0 Å². The number of hydrogen-bond acceptors (Lipinski definition) is 14. The van der Waals surface area contributed by atoms with Crippen molar-refractivity contribution in [1.82, 2.24) is 35.6 Å². The van der Waals surface area contributed by atoms with Crippen LogP contribution in [0.2, 0.25) is 0 Å². The number of benzene rings is 1. The van der Waals surface area contributed by atoms with Gasteiger partial charge < -0.3 is 60.0 Å². The highest BCUT2D eigenvalue weighted by molar-refractivity contribution is 5.96. The summed E-state index contributed by atoms with van der Waals surface area (Å²) in [5.41, 5.74) is 0.597. The summed E-state index contributed by atoms with van der Waals surface area (Å²) in [6.45, 7) is 14.9. The zero-order valence-corrected chi connectivity index (χ0v) is 44.8. The molecule has 0 bridgehead atoms. The Labute approximate surface area is 429 Å². The van der Waals surface area contributed by atoms with Crippen molar-refractivity contribution in [1.29, 1.82) is 0 Å². The summed E-state index contributed by atoms with van der Waals surface area (Å²) < 4.78 is 16.9. The number of methoxy groups -OCH3 is 1. The van der Waals surface area contributed by atoms with E-state index >= 15 is 0 Å². The fourth-order valence-electron chi connectivity index (χ4n) is 9.65. The van der Waals surface area contributed by atoms with Crippen molar-refractivity contribution >= 4 is 53.3 Å². The lowest BCUT2D eigenvalue weighted by Crippen LogP contribution is -2.60. The van der Waals surface area contributed by atoms with Gasteiger partial charge in [0.1, 0.15) is 54.7 Å². The predicted molar refractivity (Wildman–Crippen MR) is 267 cm³/mol. The second-order valence-corrected chi connectivity index (χ2v) is 21.3. The van der Waals surface area contributed by atoms with Crippen LogP contribution in [0.1, 0.15) is 113 Å². The van der Waals surface area contributed by atoms with Gasteiger partial charge in [0, 0.05) is 33.6 Å². The Kier molecular flexibility index (Phi) is 22.0. The van der Waals surface area contributed by atoms with Gasteiger partial charge in [0.15, 0.2) is 6.10 Å². The van der Waals surface area contributed by atoms with E-state index in [1.165, 1.54) is 47.7 Å². The van der Waals surface area contributed by atoms with Crippen molar-refractivity contribution in [2.24, 2.45) is 23.7 Å². The molecule has 3 saturated heterocycles. The summed E-state index contributed by atoms with van der Waals surface area (Å²) in [6, 6.07) is -1.80. The van der Waals surface area contributed by atoms with Gasteiger partial charge >= 0.3 is 11.9 Å². The minimum Gasteiger partial charge on any atom is -0.497 e. The van der Waals surface area contributed by atoms with E-state index < -0.39 is 139 Å². The van der Waals surface area contributed by atoms with Gasteiger partial charge in [-0.15, -0.1) is 0 Å². The molecule has 1 aromatic rings. The first kappa shape index (κ1) is 59.7. The van der Waals surface area contributed by atoms with Crippen LogP contribution >= 0.6 is 0 Å². The quantitative estimate of drug-likeness (QED) is 0.165. The number of carbonyl (C=O) groups is 9. The lowest BCUT2D eigenvalue weighted by atomic mass is 9.95. The molecule has 0 aliphatic carbocycles. The number of fused-ring (bicyclic) bond motifs is 1. The van der Waals surface area contributed by atoms with Crippen molar-refractivity contribution < 1.29 is 67.6 Å². The molecule has 3 aliphatic rings. The van der Waals surface area contributed by atoms with Gasteiger partial charge in [0.2, 0.25) is 29.5 Å². The van der Waals surface area contributed by atoms with Crippen LogP contribution in [0.25, 0.3) is 0 Å². The SMILES string of the molecule is COc1ccc(C[C@H]2C(=O)OC[C@H](NC(=O)[C@@H](CC(C)C)N(C)C(=O)[C@@H]3CCCN3C(=O)[C@H](C)O)C(=O)N[C@H](C(C)C)[C@@H](O)CC(=O)O[C@@H](C(C)C)C(=O)N[C@@H](CC(C)C)C(=O)N3CCC[C@H]3C(=O)N2C)cc1. The maximum Gasteiger partial charge on any atom is 0.329 e. The van der Waals surface area contributed by atoms with E-state index in [0.717, 1.165) is 0 Å². The van der Waals surface area contributed by atoms with Gasteiger partial charge in [-0.3, -0.25) is 38.4 Å². The smallest absolute Gasteiger partial charge is 0.329 e. The Morgan fingerprint density at radius 2 is 1.51 bits per heavy atom. The summed E-state index contributed by atoms with van der Waals surface area (Å²) in [7, 11) is 4.32. The molecular formula is C52H81N7O14. The molecule has 10 atom stereocenters. The number of esters is 2. The van der Waals surface area contributed by atoms with E-state index in [1.54, 1.807) is 52.0 Å². The number of aliphatic hydroxyl groups is 2. The maximum absolute atomic E-state index is 14.7. The third-order valence-corrected chi connectivity index (χ3v) is 13.8. The second kappa shape index (κ2) is 26.9. The number of hydrogen-bond donors (Lipinski definition) is 5. The van der Waals surface area contributed by atoms with Crippen molar-refractivity contribution in [2.75, 3.05) is 40.9 Å². The molecule has 0 unspecified atom stereocenters. The zero-order valence-electron chi connectivity index (χ0n) is 44.8. The summed E-state index contributed by atoms with van der Waals surface area (Å²) in [5.74, 6) is -7.66. The summed E-state index contributed by atoms with van der Waals surface area (Å²) in [5, 5.41) is 29.8. The number of nitrogens with one attached hydrogen (secondary N) is 3. The minimum absolute atomic E-state index is 0.0909. The van der Waals surface area contributed by atoms with Crippen molar-refractivity contribution in [3.63, 3.8) is 0 Å². The summed E-state index contributed by atoms with van der Waals surface area (Å²) in [4.78, 5) is 133. The number of ether oxygens (including phenoxy) is 3. The first-order chi connectivity index (χ1) is 34.3. The molecular weight excluding hydrogens is 947 g/mol. The Morgan fingerprint density at radius 3 is 2.08 bits per heavy atom. The molecule has 0 saturated carbocycles. The highest BCUT2D eigenvalue weighted by atomic mass is 16.6. The average Bonchev–Trinajstić information content (AvgIpc) is 4.03. The monoisotopic (exact) mass is 1030 g/mol. The predicted octanol–water partition coefficient (Wildman–Crippen LogP) is 1.33. The maximum atomic E-state index is 14.7. The first-order valence-electron chi connectivity index (χ1n) is 25.7. The third kappa shape index (κ3) is 15.8. The number of carbonyl (C=O) groups excluding carboxylic acids is 9. The fraction of sp³-hybridized carbons (Fsp3) is 0.712. The van der Waals surface area contributed by atoms with Crippen LogP contribution in [0.15, 0.2) is 24.3 Å². The van der Waals surface area contributed by atoms with Gasteiger partial charge in [-0.2, -0.15) is 0 Å². The van der Waals surface area contributed by atoms with Crippen LogP contribution in [-0.4, -0.2) is 185 Å². The van der Waals surface area contributed by atoms with E-state index in [-0.39, 0.29) is 50.6 Å². The molecule has 1 aromatic carbocycles. The molecule has 408 valence electrons. The number of likely N-dealkylation sites (N-methyl/N-ethyl adjacent to an activating group) is 2. The highest BCUT2D eigenvalue weighted by Crippen LogP contribution is 2.26. The van der Waals surface area contributed by atoms with Crippen molar-refractivity contribution in [2.45, 2.75) is 174 Å². The van der Waals surface area contributed by atoms with Crippen LogP contribution in [0, 0.1) is 23.7 Å². The minimum atomic E-state index is -1.69. The molecule has 4 rings (SSSR count). The Hall–Kier alpha value is -5.83. The van der Waals surface area contributed by atoms with E-state index in [1.807, 2.05) is 27.7 Å². The first-order valence-corrected chi connectivity index (χ1v) is 25.7. The highest BCUT2D eigenvalue weighted by Gasteiger charge is 2.44. The molecule has 7 amide bonds. The Morgan fingerprint density at radius 1 is 0.863 bits per heavy atom. The van der Waals surface area contributed by atoms with Gasteiger partial charge in [-0.05, 0) is 86.8 Å². The van der Waals surface area contributed by atoms with Crippen LogP contribution in [0.3, 0.4) is 0 Å². The number of cyclic esters (lactones) is 2. The lowest BCUT2D eigenvalue weighted by molar-refractivity contribution is -0.161. The molecule has 21 nitrogen and oxygen atoms in total. The molecule has 21 heteroatoms. The van der Waals surface area contributed by atoms with Crippen molar-refractivity contribution in [3.8, 4) is 5.75 Å². The van der Waals surface area contributed by atoms with Gasteiger partial charge in [-0.25, -0.2) is 4.79 Å². The largest absolute Gasteiger partial charge is 0.497 e. The topological polar surface area (TPSA) is 271 Å². The van der Waals surface area contributed by atoms with Gasteiger partial charge in [-0.1, -0.05) is 67.5 Å². The van der Waals surface area contributed by atoms with E-state index in [4.69, 9.17) is 14.2 Å². The van der Waals surface area contributed by atoms with Crippen LogP contribution in [0.5, 0.6) is 5.75 Å². The fourth-order valence-corrected chi connectivity index (χ4v) is 9.65. The number of rotatable bonds is 14. The van der Waals surface area contributed by atoms with Crippen molar-refractivity contribution in [3.05, 3.63) is 29.8 Å². The summed E-state index contributed by atoms with van der Waals surface area (Å²) in [6.07, 6.45) is -3.40. The molecule has 0 spiro atoms. The lowest BCUT2D eigenvalue weighted by Gasteiger charge is -2.35. The molecule has 3 heterocycles. The number of likely N-dealkylation sites (tertiary alicyclic amines) is 1. The molecule has 3 fully saturated rings. The summed E-state index contributed by atoms with van der Waals surface area (Å²) >= 11 is 0. The van der Waals surface area contributed by atoms with Gasteiger partial charge in [0.05, 0.1) is 25.7 Å². The average molecular weight is 1030 g/mol. The molecule has 5 N–H and O–H groups in total. The van der Waals surface area contributed by atoms with E-state index in [2.05, 4.69) is 16.0 Å². The molecule has 73 heavy (non-hydrogen) atoms. The Balaban J connectivity index is 1.81. The second-order valence-electron chi connectivity index (χ2n) is 21.3. The van der Waals surface area contributed by atoms with Crippen LogP contribution in [0.4, 0.5) is 0 Å². The number of amides is 7. The Bertz CT molecular complexity index is 2120. The van der Waals surface area contributed by atoms with Crippen LogP contribution < -0.4 is 20.7 Å². The number of nitrogens with zero attached hydrogens (tertiary/aromatic N) is 4. The molecule has 3 aliphatic heterocycles. The standard InChI is InChI=1S/C52H81N7O14/c1-28(2)23-35-49(67)59-22-14-16-38(59)51(69)57(11)40(25-33-17-19-34(71-12)20-18-33)52(70)72-27-36(45(63)55-43(30(5)6)41(61)26-42(62)73-44(31(7)8)47(65)53-35)54-46(64)39(24-29(3)4)56(10)50(68)37-15-13-21-58(37)48(66)32(9)60/h17-20,28-32,35-41,43-44,60-61H,13-16,21-27H2,1-12H3,(H,53,65)(H,54,64)(H,55,63)/t32-,35-,36-,37-,38-,39+,40-,41-,43+,44-/m0/s1. The van der Waals surface area contributed by atoms with E-state index in [9.17, 15) is 53.4 Å². The van der Waals surface area contributed by atoms with E-state index in [0.29, 0.717) is 30.6 Å². The normalized spacial score (nSPS) is 26.2. The molecule has 0 aromatic heterocycles.